The van der Waals surface area contributed by atoms with Crippen LogP contribution in [0.15, 0.2) is 35.8 Å². The lowest BCUT2D eigenvalue weighted by Crippen LogP contribution is -2.57. The van der Waals surface area contributed by atoms with Crippen LogP contribution in [0.1, 0.15) is 16.6 Å². The molecule has 0 bridgehead atoms. The predicted octanol–water partition coefficient (Wildman–Crippen LogP) is 0.996. The first-order valence-electron chi connectivity index (χ1n) is 9.22. The van der Waals surface area contributed by atoms with E-state index >= 15 is 0 Å². The molecule has 4 atom stereocenters. The number of hydrogen-bond donors (Lipinski definition) is 2. The Morgan fingerprint density at radius 3 is 2.61 bits per heavy atom. The maximum Gasteiger partial charge on any atom is 0.325 e. The number of benzene rings is 1. The number of carboxylic acid groups (broad SMARTS) is 1. The highest BCUT2D eigenvalue weighted by atomic mass is 32.1. The van der Waals surface area contributed by atoms with Crippen molar-refractivity contribution in [2.45, 2.75) is 18.0 Å². The Bertz CT molecular complexity index is 1110. The molecule has 3 heterocycles. The summed E-state index contributed by atoms with van der Waals surface area (Å²) >= 11 is 1.25. The van der Waals surface area contributed by atoms with Gasteiger partial charge in [-0.25, -0.2) is 4.98 Å². The minimum atomic E-state index is -1.81. The Hall–Kier alpha value is -3.62. The van der Waals surface area contributed by atoms with E-state index in [0.29, 0.717) is 10.6 Å². The number of carbonyl (C=O) groups is 3. The van der Waals surface area contributed by atoms with Gasteiger partial charge >= 0.3 is 5.97 Å². The summed E-state index contributed by atoms with van der Waals surface area (Å²) in [5, 5.41) is 26.4. The highest BCUT2D eigenvalue weighted by Gasteiger charge is 2.68. The molecule has 2 saturated heterocycles. The van der Waals surface area contributed by atoms with Crippen LogP contribution in [-0.4, -0.2) is 49.8 Å². The van der Waals surface area contributed by atoms with Crippen molar-refractivity contribution in [3.05, 3.63) is 56.5 Å². The van der Waals surface area contributed by atoms with Crippen LogP contribution in [0.3, 0.4) is 0 Å². The molecule has 31 heavy (non-hydrogen) atoms. The van der Waals surface area contributed by atoms with Gasteiger partial charge in [0.1, 0.15) is 10.5 Å². The largest absolute Gasteiger partial charge is 0.480 e. The van der Waals surface area contributed by atoms with Crippen molar-refractivity contribution >= 4 is 34.8 Å². The molecular weight excluding hydrogens is 424 g/mol. The minimum Gasteiger partial charge on any atom is -0.480 e. The number of fused-ring (bicyclic) bond motifs is 1. The van der Waals surface area contributed by atoms with Crippen LogP contribution in [0.2, 0.25) is 0 Å². The fourth-order valence-corrected chi connectivity index (χ4v) is 5.14. The second kappa shape index (κ2) is 7.57. The first-order chi connectivity index (χ1) is 14.8. The number of nitro benzene ring substituents is 1. The van der Waals surface area contributed by atoms with E-state index in [1.807, 2.05) is 0 Å². The summed E-state index contributed by atoms with van der Waals surface area (Å²) in [5.74, 6) is -2.38. The molecule has 2 aromatic rings. The van der Waals surface area contributed by atoms with Crippen LogP contribution < -0.4 is 5.32 Å². The highest BCUT2D eigenvalue weighted by molar-refractivity contribution is 7.09. The number of likely N-dealkylation sites (tertiary alicyclic amines) is 1. The quantitative estimate of drug-likeness (QED) is 0.293. The number of terminal acetylenes is 1. The number of nitro groups is 1. The Balaban J connectivity index is 1.80. The fraction of sp³-hybridized carbons (Fsp3) is 0.300. The summed E-state index contributed by atoms with van der Waals surface area (Å²) in [5.41, 5.74) is -1.49. The maximum absolute atomic E-state index is 13.2. The van der Waals surface area contributed by atoms with Gasteiger partial charge in [-0.05, 0) is 5.56 Å². The number of non-ortho nitro benzene ring substituents is 1. The van der Waals surface area contributed by atoms with Crippen LogP contribution in [0.4, 0.5) is 5.69 Å². The molecule has 4 rings (SSSR count). The van der Waals surface area contributed by atoms with Gasteiger partial charge < -0.3 is 5.11 Å². The minimum absolute atomic E-state index is 0.140. The third kappa shape index (κ3) is 3.17. The lowest BCUT2D eigenvalue weighted by atomic mass is 9.76. The number of nitrogens with one attached hydrogen (secondary N) is 1. The summed E-state index contributed by atoms with van der Waals surface area (Å²) in [6.07, 6.45) is 6.68. The summed E-state index contributed by atoms with van der Waals surface area (Å²) in [7, 11) is 0. The Labute approximate surface area is 180 Å². The van der Waals surface area contributed by atoms with Gasteiger partial charge in [0.2, 0.25) is 11.8 Å². The molecule has 158 valence electrons. The number of thiazole rings is 1. The lowest BCUT2D eigenvalue weighted by molar-refractivity contribution is -0.384. The van der Waals surface area contributed by atoms with Crippen LogP contribution in [0, 0.1) is 34.3 Å². The average molecular weight is 440 g/mol. The zero-order valence-corrected chi connectivity index (χ0v) is 16.7. The number of carboxylic acids is 1. The molecule has 0 aliphatic carbocycles. The van der Waals surface area contributed by atoms with Gasteiger partial charge in [-0.2, -0.15) is 0 Å². The zero-order chi connectivity index (χ0) is 22.3. The van der Waals surface area contributed by atoms with Crippen molar-refractivity contribution in [2.75, 3.05) is 6.54 Å². The van der Waals surface area contributed by atoms with Gasteiger partial charge in [0.25, 0.3) is 5.69 Å². The van der Waals surface area contributed by atoms with Crippen molar-refractivity contribution in [1.82, 2.24) is 15.2 Å². The molecule has 10 nitrogen and oxygen atoms in total. The van der Waals surface area contributed by atoms with Gasteiger partial charge in [-0.1, -0.05) is 18.1 Å². The van der Waals surface area contributed by atoms with Gasteiger partial charge in [0, 0.05) is 30.1 Å². The number of carbonyl (C=O) groups excluding carboxylic acids is 2. The molecule has 4 unspecified atom stereocenters. The monoisotopic (exact) mass is 440 g/mol. The van der Waals surface area contributed by atoms with Crippen molar-refractivity contribution in [3.63, 3.8) is 0 Å². The first kappa shape index (κ1) is 20.6. The lowest BCUT2D eigenvalue weighted by Gasteiger charge is -2.30. The molecule has 2 N–H and O–H groups in total. The number of imide groups is 1. The molecule has 2 aliphatic rings. The topological polar surface area (TPSA) is 143 Å². The van der Waals surface area contributed by atoms with E-state index in [1.54, 1.807) is 5.38 Å². The summed E-state index contributed by atoms with van der Waals surface area (Å²) < 4.78 is 0. The predicted molar refractivity (Wildman–Crippen MR) is 108 cm³/mol. The Kier molecular flexibility index (Phi) is 5.04. The first-order valence-corrected chi connectivity index (χ1v) is 10.1. The number of rotatable bonds is 6. The van der Waals surface area contributed by atoms with E-state index in [9.17, 15) is 29.6 Å². The third-order valence-corrected chi connectivity index (χ3v) is 6.58. The van der Waals surface area contributed by atoms with Gasteiger partial charge in [0.05, 0.1) is 29.3 Å². The maximum atomic E-state index is 13.2. The van der Waals surface area contributed by atoms with Gasteiger partial charge in [-0.15, -0.1) is 17.8 Å². The summed E-state index contributed by atoms with van der Waals surface area (Å²) in [6.45, 7) is -0.248. The standard InChI is InChI=1S/C20H16N4O6S/c1-2-8-23-17(25)13-14(18(23)26)20(19(27)28,22-15(13)16-21-7-9-31-16)10-11-3-5-12(6-4-11)24(29)30/h1,3-7,9,13-15,22H,8,10H2,(H,27,28). The SMILES string of the molecule is C#CCN1C(=O)C2C(c3nccs3)NC(Cc3ccc([N+](=O)[O-])cc3)(C(=O)O)C2C1=O. The molecular formula is C20H16N4O6S. The van der Waals surface area contributed by atoms with E-state index in [2.05, 4.69) is 16.2 Å². The van der Waals surface area contributed by atoms with Gasteiger partial charge in [0.15, 0.2) is 0 Å². The molecule has 0 saturated carbocycles. The van der Waals surface area contributed by atoms with E-state index < -0.39 is 46.1 Å². The number of hydrogen-bond acceptors (Lipinski definition) is 8. The van der Waals surface area contributed by atoms with E-state index in [-0.39, 0.29) is 18.7 Å². The van der Waals surface area contributed by atoms with Crippen molar-refractivity contribution in [2.24, 2.45) is 11.8 Å². The zero-order valence-electron chi connectivity index (χ0n) is 15.9. The molecule has 1 aromatic carbocycles. The average Bonchev–Trinajstić information content (AvgIpc) is 3.43. The van der Waals surface area contributed by atoms with Gasteiger partial charge in [-0.3, -0.25) is 34.7 Å². The molecule has 11 heteroatoms. The Morgan fingerprint density at radius 1 is 1.35 bits per heavy atom. The molecule has 2 fully saturated rings. The van der Waals surface area contributed by atoms with Crippen LogP contribution in [0.5, 0.6) is 0 Å². The smallest absolute Gasteiger partial charge is 0.325 e. The van der Waals surface area contributed by atoms with E-state index in [4.69, 9.17) is 6.42 Å². The molecule has 0 radical (unpaired) electrons. The normalized spacial score (nSPS) is 27.2. The highest BCUT2D eigenvalue weighted by Crippen LogP contribution is 2.50. The second-order valence-corrected chi connectivity index (χ2v) is 8.27. The van der Waals surface area contributed by atoms with Crippen LogP contribution in [-0.2, 0) is 20.8 Å². The van der Waals surface area contributed by atoms with Crippen molar-refractivity contribution in [3.8, 4) is 12.3 Å². The molecule has 2 amide bonds. The van der Waals surface area contributed by atoms with E-state index in [1.165, 1.54) is 41.8 Å². The number of aromatic nitrogens is 1. The van der Waals surface area contributed by atoms with Crippen molar-refractivity contribution < 1.29 is 24.4 Å². The fourth-order valence-electron chi connectivity index (χ4n) is 4.40. The van der Waals surface area contributed by atoms with Crippen LogP contribution in [0.25, 0.3) is 0 Å². The molecule has 2 aliphatic heterocycles. The van der Waals surface area contributed by atoms with E-state index in [0.717, 1.165) is 4.90 Å². The number of aliphatic carboxylic acids is 1. The van der Waals surface area contributed by atoms with Crippen LogP contribution >= 0.6 is 11.3 Å². The molecule has 0 spiro atoms. The number of nitrogens with zero attached hydrogens (tertiary/aromatic N) is 3. The third-order valence-electron chi connectivity index (χ3n) is 5.72. The summed E-state index contributed by atoms with van der Waals surface area (Å²) in [4.78, 5) is 54.3. The molecule has 1 aromatic heterocycles. The second-order valence-electron chi connectivity index (χ2n) is 7.34. The summed E-state index contributed by atoms with van der Waals surface area (Å²) in [6, 6.07) is 4.63. The Morgan fingerprint density at radius 2 is 2.06 bits per heavy atom. The van der Waals surface area contributed by atoms with Crippen molar-refractivity contribution in [1.29, 1.82) is 0 Å². The number of amides is 2.